The number of carbonyl (C=O) groups is 1. The average molecular weight is 197 g/mol. The minimum absolute atomic E-state index is 0.0309. The molecule has 0 aromatic carbocycles. The lowest BCUT2D eigenvalue weighted by Gasteiger charge is -2.07. The first-order valence-electron chi connectivity index (χ1n) is 2.73. The second kappa shape index (κ2) is 5.24. The van der Waals surface area contributed by atoms with E-state index in [1.165, 1.54) is 5.43 Å². The summed E-state index contributed by atoms with van der Waals surface area (Å²) in [6.07, 6.45) is 0. The van der Waals surface area contributed by atoms with Crippen molar-refractivity contribution in [2.75, 3.05) is 12.4 Å². The van der Waals surface area contributed by atoms with Gasteiger partial charge in [-0.2, -0.15) is 5.01 Å². The van der Waals surface area contributed by atoms with Crippen molar-refractivity contribution in [3.63, 3.8) is 0 Å². The zero-order chi connectivity index (χ0) is 9.56. The molecular formula is C3H5ClN4O4. The van der Waals surface area contributed by atoms with Gasteiger partial charge in [0.2, 0.25) is 0 Å². The fourth-order valence-corrected chi connectivity index (χ4v) is 0.555. The number of nitroso groups, excluding NO2 is 1. The SMILES string of the molecule is O=NN(CCCl)C(=O)N[N+](=O)[O-]. The number of urea groups is 1. The van der Waals surface area contributed by atoms with Crippen LogP contribution in [0.5, 0.6) is 0 Å². The maximum absolute atomic E-state index is 10.6. The maximum Gasteiger partial charge on any atom is 0.398 e. The van der Waals surface area contributed by atoms with Crippen LogP contribution in [0.1, 0.15) is 0 Å². The Kier molecular flexibility index (Phi) is 4.61. The molecule has 0 bridgehead atoms. The van der Waals surface area contributed by atoms with Crippen LogP contribution in [-0.4, -0.2) is 28.5 Å². The van der Waals surface area contributed by atoms with E-state index in [2.05, 4.69) is 5.29 Å². The molecule has 0 spiro atoms. The molecule has 0 saturated carbocycles. The average Bonchev–Trinajstić information content (AvgIpc) is 1.98. The van der Waals surface area contributed by atoms with Crippen molar-refractivity contribution in [2.24, 2.45) is 5.29 Å². The molecule has 0 unspecified atom stereocenters. The van der Waals surface area contributed by atoms with Crippen molar-refractivity contribution in [3.05, 3.63) is 15.0 Å². The summed E-state index contributed by atoms with van der Waals surface area (Å²) >= 11 is 5.17. The molecule has 12 heavy (non-hydrogen) atoms. The predicted molar refractivity (Wildman–Crippen MR) is 38.7 cm³/mol. The molecule has 0 atom stereocenters. The van der Waals surface area contributed by atoms with Gasteiger partial charge in [-0.15, -0.1) is 16.5 Å². The fraction of sp³-hybridized carbons (Fsp3) is 0.667. The number of halogens is 1. The molecule has 0 saturated heterocycles. The number of hydrogen-bond donors (Lipinski definition) is 1. The van der Waals surface area contributed by atoms with Crippen LogP contribution in [0.4, 0.5) is 4.79 Å². The summed E-state index contributed by atoms with van der Waals surface area (Å²) in [4.78, 5) is 30.2. The van der Waals surface area contributed by atoms with Gasteiger partial charge in [-0.05, 0) is 5.43 Å². The number of nitrogens with zero attached hydrogens (tertiary/aromatic N) is 3. The molecule has 0 aliphatic carbocycles. The summed E-state index contributed by atoms with van der Waals surface area (Å²) in [5.74, 6) is -0.0309. The summed E-state index contributed by atoms with van der Waals surface area (Å²) in [6.45, 7) is -0.176. The molecule has 68 valence electrons. The smallest absolute Gasteiger partial charge is 0.241 e. The fourth-order valence-electron chi connectivity index (χ4n) is 0.395. The molecule has 0 heterocycles. The third-order valence-corrected chi connectivity index (χ3v) is 0.985. The minimum atomic E-state index is -1.21. The van der Waals surface area contributed by atoms with E-state index >= 15 is 0 Å². The third kappa shape index (κ3) is 3.66. The Morgan fingerprint density at radius 3 is 2.67 bits per heavy atom. The van der Waals surface area contributed by atoms with Crippen LogP contribution in [-0.2, 0) is 0 Å². The summed E-state index contributed by atoms with van der Waals surface area (Å²) in [7, 11) is 0. The number of amides is 2. The summed E-state index contributed by atoms with van der Waals surface area (Å²) in [6, 6.07) is -1.21. The van der Waals surface area contributed by atoms with Crippen LogP contribution >= 0.6 is 11.6 Å². The van der Waals surface area contributed by atoms with E-state index in [-0.39, 0.29) is 12.4 Å². The number of carbonyl (C=O) groups excluding carboxylic acids is 1. The maximum atomic E-state index is 10.6. The second-order valence-electron chi connectivity index (χ2n) is 1.57. The highest BCUT2D eigenvalue weighted by Gasteiger charge is 2.17. The molecule has 0 aromatic rings. The Bertz CT molecular complexity index is 197. The van der Waals surface area contributed by atoms with Crippen molar-refractivity contribution in [1.82, 2.24) is 10.4 Å². The first-order valence-corrected chi connectivity index (χ1v) is 3.27. The molecule has 0 radical (unpaired) electrons. The predicted octanol–water partition coefficient (Wildman–Crippen LogP) is 0.110. The van der Waals surface area contributed by atoms with Crippen LogP contribution in [0.2, 0.25) is 0 Å². The monoisotopic (exact) mass is 196 g/mol. The van der Waals surface area contributed by atoms with Crippen LogP contribution in [0.3, 0.4) is 0 Å². The Morgan fingerprint density at radius 2 is 2.33 bits per heavy atom. The minimum Gasteiger partial charge on any atom is -0.241 e. The molecule has 1 N–H and O–H groups in total. The number of hydrazine groups is 1. The first-order chi connectivity index (χ1) is 5.61. The van der Waals surface area contributed by atoms with Crippen molar-refractivity contribution in [1.29, 1.82) is 0 Å². The number of alkyl halides is 1. The molecule has 0 aromatic heterocycles. The van der Waals surface area contributed by atoms with Crippen molar-refractivity contribution in [3.8, 4) is 0 Å². The molecular weight excluding hydrogens is 192 g/mol. The van der Waals surface area contributed by atoms with Gasteiger partial charge in [0, 0.05) is 5.88 Å². The number of nitrogens with one attached hydrogen (secondary N) is 1. The van der Waals surface area contributed by atoms with Gasteiger partial charge in [0.25, 0.3) is 0 Å². The third-order valence-electron chi connectivity index (χ3n) is 0.816. The number of rotatable bonds is 4. The molecule has 9 heteroatoms. The number of nitro groups is 1. The van der Waals surface area contributed by atoms with E-state index in [1.54, 1.807) is 0 Å². The van der Waals surface area contributed by atoms with E-state index < -0.39 is 11.1 Å². The second-order valence-corrected chi connectivity index (χ2v) is 1.95. The van der Waals surface area contributed by atoms with E-state index in [4.69, 9.17) is 11.6 Å². The molecule has 0 aliphatic heterocycles. The Labute approximate surface area is 71.5 Å². The van der Waals surface area contributed by atoms with E-state index in [1.807, 2.05) is 0 Å². The Balaban J connectivity index is 4.02. The van der Waals surface area contributed by atoms with E-state index in [0.717, 1.165) is 0 Å². The van der Waals surface area contributed by atoms with Gasteiger partial charge in [-0.3, -0.25) is 0 Å². The van der Waals surface area contributed by atoms with Gasteiger partial charge in [0.1, 0.15) is 0 Å². The molecule has 0 fully saturated rings. The standard InChI is InChI=1S/C3H5ClN4O4/c4-1-2-7(6-10)3(9)5-8(11)12/h1-2H2,(H,5,9). The number of hydrogen-bond acceptors (Lipinski definition) is 5. The lowest BCUT2D eigenvalue weighted by molar-refractivity contribution is -0.528. The van der Waals surface area contributed by atoms with Crippen molar-refractivity contribution < 1.29 is 9.83 Å². The first kappa shape index (κ1) is 10.6. The highest BCUT2D eigenvalue weighted by Crippen LogP contribution is 1.91. The summed E-state index contributed by atoms with van der Waals surface area (Å²) < 4.78 is 0. The molecule has 2 amide bonds. The molecule has 0 aliphatic rings. The van der Waals surface area contributed by atoms with Gasteiger partial charge in [0.15, 0.2) is 5.03 Å². The topological polar surface area (TPSA) is 105 Å². The summed E-state index contributed by atoms with van der Waals surface area (Å²) in [5, 5.41) is 11.1. The Morgan fingerprint density at radius 1 is 1.75 bits per heavy atom. The highest BCUT2D eigenvalue weighted by atomic mass is 35.5. The lowest BCUT2D eigenvalue weighted by atomic mass is 10.7. The summed E-state index contributed by atoms with van der Waals surface area (Å²) in [5.41, 5.74) is 1.24. The van der Waals surface area contributed by atoms with Crippen LogP contribution < -0.4 is 5.43 Å². The lowest BCUT2D eigenvalue weighted by Crippen LogP contribution is -2.40. The normalized spacial score (nSPS) is 8.75. The zero-order valence-electron chi connectivity index (χ0n) is 5.77. The van der Waals surface area contributed by atoms with Gasteiger partial charge < -0.3 is 0 Å². The van der Waals surface area contributed by atoms with Gasteiger partial charge in [-0.1, -0.05) is 0 Å². The van der Waals surface area contributed by atoms with Crippen molar-refractivity contribution in [2.45, 2.75) is 0 Å². The Hall–Kier alpha value is -1.44. The van der Waals surface area contributed by atoms with Gasteiger partial charge in [-0.25, -0.2) is 14.9 Å². The highest BCUT2D eigenvalue weighted by molar-refractivity contribution is 6.18. The molecule has 8 nitrogen and oxygen atoms in total. The quantitative estimate of drug-likeness (QED) is 0.298. The van der Waals surface area contributed by atoms with Crippen LogP contribution in [0.15, 0.2) is 5.29 Å². The van der Waals surface area contributed by atoms with Crippen LogP contribution in [0.25, 0.3) is 0 Å². The van der Waals surface area contributed by atoms with Crippen LogP contribution in [0, 0.1) is 15.0 Å². The van der Waals surface area contributed by atoms with Gasteiger partial charge >= 0.3 is 6.03 Å². The largest absolute Gasteiger partial charge is 0.398 e. The zero-order valence-corrected chi connectivity index (χ0v) is 6.52. The van der Waals surface area contributed by atoms with Gasteiger partial charge in [0.05, 0.1) is 11.8 Å². The van der Waals surface area contributed by atoms with E-state index in [9.17, 15) is 19.8 Å². The molecule has 0 rings (SSSR count). The van der Waals surface area contributed by atoms with Crippen molar-refractivity contribution >= 4 is 17.6 Å². The van der Waals surface area contributed by atoms with E-state index in [0.29, 0.717) is 5.01 Å².